The number of carbonyl (C=O) groups is 3. The number of aromatic nitrogens is 1. The second-order valence-electron chi connectivity index (χ2n) is 9.37. The van der Waals surface area contributed by atoms with Crippen LogP contribution < -0.4 is 11.1 Å². The van der Waals surface area contributed by atoms with Gasteiger partial charge in [-0.15, -0.1) is 11.3 Å². The van der Waals surface area contributed by atoms with Gasteiger partial charge in [0.2, 0.25) is 17.6 Å². The normalized spacial score (nSPS) is 16.1. The monoisotopic (exact) mass is 518 g/mol. The van der Waals surface area contributed by atoms with Crippen LogP contribution >= 0.6 is 11.3 Å². The fourth-order valence-electron chi connectivity index (χ4n) is 4.95. The van der Waals surface area contributed by atoms with Gasteiger partial charge in [0.15, 0.2) is 5.01 Å². The van der Waals surface area contributed by atoms with E-state index < -0.39 is 12.1 Å². The van der Waals surface area contributed by atoms with Crippen molar-refractivity contribution < 1.29 is 14.4 Å². The van der Waals surface area contributed by atoms with E-state index in [4.69, 9.17) is 5.73 Å². The number of carbonyl (C=O) groups excluding carboxylic acids is 3. The summed E-state index contributed by atoms with van der Waals surface area (Å²) in [4.78, 5) is 45.9. The molecule has 8 heteroatoms. The van der Waals surface area contributed by atoms with E-state index in [1.165, 1.54) is 11.3 Å². The summed E-state index contributed by atoms with van der Waals surface area (Å²) >= 11 is 1.26. The third-order valence-corrected chi connectivity index (χ3v) is 7.67. The third kappa shape index (κ3) is 6.90. The first-order valence-corrected chi connectivity index (χ1v) is 13.8. The first kappa shape index (κ1) is 26.7. The Bertz CT molecular complexity index is 1110. The Morgan fingerprint density at radius 3 is 2.30 bits per heavy atom. The molecular formula is C29H34N4O3S. The van der Waals surface area contributed by atoms with Crippen LogP contribution in [0.1, 0.15) is 65.4 Å². The quantitative estimate of drug-likeness (QED) is 0.277. The highest BCUT2D eigenvalue weighted by molar-refractivity contribution is 7.11. The van der Waals surface area contributed by atoms with Gasteiger partial charge in [0, 0.05) is 30.5 Å². The van der Waals surface area contributed by atoms with Crippen molar-refractivity contribution in [1.82, 2.24) is 15.2 Å². The number of amides is 2. The SMILES string of the molecule is NCCCC[C@H](NC(=O)[C@@H]1CCCN1C(=O)CC(c1ccccc1)c1ccccc1)C(=O)c1nccs1. The van der Waals surface area contributed by atoms with Crippen molar-refractivity contribution >= 4 is 28.9 Å². The Hall–Kier alpha value is -3.36. The molecule has 1 aromatic heterocycles. The summed E-state index contributed by atoms with van der Waals surface area (Å²) in [5.74, 6) is -0.620. The van der Waals surface area contributed by atoms with Crippen LogP contribution in [0.4, 0.5) is 0 Å². The van der Waals surface area contributed by atoms with Crippen LogP contribution in [-0.2, 0) is 9.59 Å². The van der Waals surface area contributed by atoms with Crippen LogP contribution in [0.15, 0.2) is 72.2 Å². The first-order chi connectivity index (χ1) is 18.1. The van der Waals surface area contributed by atoms with Gasteiger partial charge in [-0.2, -0.15) is 0 Å². The van der Waals surface area contributed by atoms with E-state index in [1.807, 2.05) is 60.7 Å². The maximum Gasteiger partial charge on any atom is 0.243 e. The zero-order chi connectivity index (χ0) is 26.0. The van der Waals surface area contributed by atoms with E-state index in [-0.39, 0.29) is 29.9 Å². The van der Waals surface area contributed by atoms with Crippen molar-refractivity contribution in [2.24, 2.45) is 5.73 Å². The van der Waals surface area contributed by atoms with E-state index >= 15 is 0 Å². The van der Waals surface area contributed by atoms with Gasteiger partial charge < -0.3 is 16.0 Å². The highest BCUT2D eigenvalue weighted by Gasteiger charge is 2.37. The molecule has 0 radical (unpaired) electrons. The molecule has 1 saturated heterocycles. The number of rotatable bonds is 12. The highest BCUT2D eigenvalue weighted by Crippen LogP contribution is 2.30. The van der Waals surface area contributed by atoms with Gasteiger partial charge in [0.1, 0.15) is 6.04 Å². The molecule has 0 bridgehead atoms. The Kier molecular flexibility index (Phi) is 9.57. The van der Waals surface area contributed by atoms with Crippen LogP contribution in [0.3, 0.4) is 0 Å². The molecule has 1 fully saturated rings. The van der Waals surface area contributed by atoms with Gasteiger partial charge >= 0.3 is 0 Å². The van der Waals surface area contributed by atoms with Crippen molar-refractivity contribution in [3.05, 3.63) is 88.4 Å². The third-order valence-electron chi connectivity index (χ3n) is 6.88. The molecule has 37 heavy (non-hydrogen) atoms. The number of ketones is 1. The van der Waals surface area contributed by atoms with Crippen LogP contribution in [-0.4, -0.2) is 52.7 Å². The molecule has 1 aliphatic rings. The molecule has 7 nitrogen and oxygen atoms in total. The minimum Gasteiger partial charge on any atom is -0.344 e. The van der Waals surface area contributed by atoms with Crippen LogP contribution in [0.5, 0.6) is 0 Å². The summed E-state index contributed by atoms with van der Waals surface area (Å²) in [5, 5.41) is 5.08. The van der Waals surface area contributed by atoms with Crippen molar-refractivity contribution in [2.45, 2.75) is 56.5 Å². The lowest BCUT2D eigenvalue weighted by molar-refractivity contribution is -0.138. The van der Waals surface area contributed by atoms with Crippen LogP contribution in [0, 0.1) is 0 Å². The number of thiazole rings is 1. The van der Waals surface area contributed by atoms with Crippen molar-refractivity contribution in [1.29, 1.82) is 0 Å². The fraction of sp³-hybridized carbons (Fsp3) is 0.379. The maximum absolute atomic E-state index is 13.6. The fourth-order valence-corrected chi connectivity index (χ4v) is 5.58. The van der Waals surface area contributed by atoms with Crippen LogP contribution in [0.2, 0.25) is 0 Å². The minimum absolute atomic E-state index is 0.0544. The molecular weight excluding hydrogens is 484 g/mol. The second-order valence-corrected chi connectivity index (χ2v) is 10.3. The Morgan fingerprint density at radius 1 is 1.03 bits per heavy atom. The molecule has 1 aliphatic heterocycles. The summed E-state index contributed by atoms with van der Waals surface area (Å²) in [6, 6.07) is 18.7. The molecule has 2 amide bonds. The summed E-state index contributed by atoms with van der Waals surface area (Å²) in [6.07, 6.45) is 5.18. The predicted molar refractivity (Wildman–Crippen MR) is 145 cm³/mol. The van der Waals surface area contributed by atoms with E-state index in [9.17, 15) is 14.4 Å². The van der Waals surface area contributed by atoms with Gasteiger partial charge in [-0.3, -0.25) is 14.4 Å². The largest absolute Gasteiger partial charge is 0.344 e. The zero-order valence-corrected chi connectivity index (χ0v) is 21.7. The van der Waals surface area contributed by atoms with Crippen molar-refractivity contribution in [3.63, 3.8) is 0 Å². The van der Waals surface area contributed by atoms with Gasteiger partial charge in [-0.05, 0) is 49.8 Å². The summed E-state index contributed by atoms with van der Waals surface area (Å²) < 4.78 is 0. The van der Waals surface area contributed by atoms with E-state index in [0.29, 0.717) is 30.9 Å². The van der Waals surface area contributed by atoms with Gasteiger partial charge in [0.05, 0.1) is 6.04 Å². The Morgan fingerprint density at radius 2 is 1.70 bits per heavy atom. The van der Waals surface area contributed by atoms with Crippen molar-refractivity contribution in [2.75, 3.05) is 13.1 Å². The number of nitrogens with two attached hydrogens (primary N) is 1. The zero-order valence-electron chi connectivity index (χ0n) is 20.9. The average Bonchev–Trinajstić information content (AvgIpc) is 3.65. The van der Waals surface area contributed by atoms with Gasteiger partial charge in [-0.25, -0.2) is 4.98 Å². The smallest absolute Gasteiger partial charge is 0.243 e. The molecule has 2 heterocycles. The summed E-state index contributed by atoms with van der Waals surface area (Å²) in [5.41, 5.74) is 7.77. The molecule has 3 aromatic rings. The van der Waals surface area contributed by atoms with E-state index in [0.717, 1.165) is 30.4 Å². The van der Waals surface area contributed by atoms with Crippen LogP contribution in [0.25, 0.3) is 0 Å². The van der Waals surface area contributed by atoms with E-state index in [1.54, 1.807) is 16.5 Å². The molecule has 0 spiro atoms. The summed E-state index contributed by atoms with van der Waals surface area (Å²) in [6.45, 7) is 1.06. The van der Waals surface area contributed by atoms with E-state index in [2.05, 4.69) is 10.3 Å². The lowest BCUT2D eigenvalue weighted by Crippen LogP contribution is -2.51. The first-order valence-electron chi connectivity index (χ1n) is 12.9. The molecule has 4 rings (SSSR count). The molecule has 2 atom stereocenters. The average molecular weight is 519 g/mol. The number of hydrogen-bond acceptors (Lipinski definition) is 6. The number of likely N-dealkylation sites (tertiary alicyclic amines) is 1. The Balaban J connectivity index is 1.47. The predicted octanol–water partition coefficient (Wildman–Crippen LogP) is 4.15. The minimum atomic E-state index is -0.677. The number of benzene rings is 2. The molecule has 0 saturated carbocycles. The topological polar surface area (TPSA) is 105 Å². The highest BCUT2D eigenvalue weighted by atomic mass is 32.1. The molecule has 0 aliphatic carbocycles. The number of nitrogens with one attached hydrogen (secondary N) is 1. The lowest BCUT2D eigenvalue weighted by atomic mass is 9.88. The number of hydrogen-bond donors (Lipinski definition) is 2. The van der Waals surface area contributed by atoms with Gasteiger partial charge in [-0.1, -0.05) is 60.7 Å². The number of nitrogens with zero attached hydrogens (tertiary/aromatic N) is 2. The van der Waals surface area contributed by atoms with Gasteiger partial charge in [0.25, 0.3) is 0 Å². The Labute approximate surface area is 222 Å². The standard InChI is InChI=1S/C29H34N4O3S/c30-16-8-7-14-24(27(35)29-31-17-19-37-29)32-28(36)25-15-9-18-33(25)26(34)20-23(21-10-3-1-4-11-21)22-12-5-2-6-13-22/h1-6,10-13,17,19,23-25H,7-9,14-16,18,20,30H2,(H,32,36)/t24-,25-/m0/s1. The molecule has 0 unspecified atom stereocenters. The number of Topliss-reactive ketones (excluding diaryl/α,β-unsaturated/α-hetero) is 1. The molecule has 2 aromatic carbocycles. The molecule has 194 valence electrons. The molecule has 3 N–H and O–H groups in total. The van der Waals surface area contributed by atoms with Crippen molar-refractivity contribution in [3.8, 4) is 0 Å². The number of unbranched alkanes of at least 4 members (excludes halogenated alkanes) is 1. The second kappa shape index (κ2) is 13.3. The maximum atomic E-state index is 13.6. The summed E-state index contributed by atoms with van der Waals surface area (Å²) in [7, 11) is 0. The lowest BCUT2D eigenvalue weighted by Gasteiger charge is -2.28.